The lowest BCUT2D eigenvalue weighted by Gasteiger charge is -2.29. The molecule has 180 valence electrons. The molecule has 2 amide bonds. The van der Waals surface area contributed by atoms with Crippen molar-refractivity contribution in [2.45, 2.75) is 51.0 Å². The van der Waals surface area contributed by atoms with Crippen LogP contribution in [0.4, 0.5) is 4.79 Å². The minimum absolute atomic E-state index is 0.0715. The number of likely N-dealkylation sites (N-methyl/N-ethyl adjacent to an activating group) is 1. The zero-order chi connectivity index (χ0) is 24.1. The molecule has 1 atom stereocenters. The number of hydrogen-bond acceptors (Lipinski definition) is 2. The van der Waals surface area contributed by atoms with E-state index in [1.54, 1.807) is 0 Å². The number of quaternary nitrogens is 1. The SMILES string of the molecule is C[N+](C)(C)C[C@@H](CC(=O)O)NC(=O)NCCCCCCCc1ccc(-c2ccccc2)cc1. The van der Waals surface area contributed by atoms with Crippen molar-refractivity contribution in [3.8, 4) is 11.1 Å². The van der Waals surface area contributed by atoms with Crippen molar-refractivity contribution in [1.29, 1.82) is 0 Å². The normalized spacial score (nSPS) is 12.2. The molecule has 0 saturated heterocycles. The quantitative estimate of drug-likeness (QED) is 0.286. The van der Waals surface area contributed by atoms with Crippen LogP contribution >= 0.6 is 0 Å². The summed E-state index contributed by atoms with van der Waals surface area (Å²) < 4.78 is 0.593. The van der Waals surface area contributed by atoms with Gasteiger partial charge in [-0.05, 0) is 36.0 Å². The summed E-state index contributed by atoms with van der Waals surface area (Å²) in [6, 6.07) is 18.6. The molecule has 0 fully saturated rings. The van der Waals surface area contributed by atoms with Crippen LogP contribution in [0.3, 0.4) is 0 Å². The number of carbonyl (C=O) groups is 2. The minimum Gasteiger partial charge on any atom is -0.481 e. The maximum atomic E-state index is 12.1. The fraction of sp³-hybridized carbons (Fsp3) is 0.481. The summed E-state index contributed by atoms with van der Waals surface area (Å²) in [6.07, 6.45) is 6.51. The number of aliphatic carboxylic acids is 1. The molecule has 6 nitrogen and oxygen atoms in total. The summed E-state index contributed by atoms with van der Waals surface area (Å²) in [5.74, 6) is -0.902. The first-order chi connectivity index (χ1) is 15.7. The summed E-state index contributed by atoms with van der Waals surface area (Å²) in [4.78, 5) is 23.2. The maximum absolute atomic E-state index is 12.1. The first-order valence-corrected chi connectivity index (χ1v) is 11.9. The molecule has 0 unspecified atom stereocenters. The fourth-order valence-electron chi connectivity index (χ4n) is 3.95. The van der Waals surface area contributed by atoms with Gasteiger partial charge in [0.05, 0.1) is 40.2 Å². The molecule has 3 N–H and O–H groups in total. The third-order valence-electron chi connectivity index (χ3n) is 5.51. The van der Waals surface area contributed by atoms with Crippen molar-refractivity contribution in [3.05, 3.63) is 60.2 Å². The van der Waals surface area contributed by atoms with E-state index in [-0.39, 0.29) is 18.5 Å². The number of hydrogen-bond donors (Lipinski definition) is 3. The van der Waals surface area contributed by atoms with E-state index >= 15 is 0 Å². The Kier molecular flexibility index (Phi) is 10.9. The molecule has 0 aliphatic rings. The number of amides is 2. The van der Waals surface area contributed by atoms with Gasteiger partial charge in [-0.1, -0.05) is 73.9 Å². The summed E-state index contributed by atoms with van der Waals surface area (Å²) >= 11 is 0. The highest BCUT2D eigenvalue weighted by atomic mass is 16.4. The number of carbonyl (C=O) groups excluding carboxylic acids is 1. The average Bonchev–Trinajstić information content (AvgIpc) is 2.75. The number of carboxylic acid groups (broad SMARTS) is 1. The molecule has 0 spiro atoms. The zero-order valence-electron chi connectivity index (χ0n) is 20.3. The molecule has 0 saturated carbocycles. The van der Waals surface area contributed by atoms with Crippen LogP contribution in [0.2, 0.25) is 0 Å². The van der Waals surface area contributed by atoms with Gasteiger partial charge in [0, 0.05) is 6.54 Å². The summed E-state index contributed by atoms with van der Waals surface area (Å²) in [5, 5.41) is 14.7. The Labute approximate surface area is 198 Å². The minimum atomic E-state index is -0.902. The van der Waals surface area contributed by atoms with Crippen molar-refractivity contribution in [3.63, 3.8) is 0 Å². The Morgan fingerprint density at radius 3 is 2.09 bits per heavy atom. The Morgan fingerprint density at radius 1 is 0.848 bits per heavy atom. The van der Waals surface area contributed by atoms with Gasteiger partial charge in [-0.3, -0.25) is 4.79 Å². The molecular formula is C27H40N3O3+. The monoisotopic (exact) mass is 454 g/mol. The highest BCUT2D eigenvalue weighted by molar-refractivity contribution is 5.75. The van der Waals surface area contributed by atoms with Crippen molar-refractivity contribution in [2.24, 2.45) is 0 Å². The van der Waals surface area contributed by atoms with Crippen LogP contribution in [0, 0.1) is 0 Å². The molecule has 2 aromatic carbocycles. The lowest BCUT2D eigenvalue weighted by molar-refractivity contribution is -0.871. The fourth-order valence-corrected chi connectivity index (χ4v) is 3.95. The van der Waals surface area contributed by atoms with Gasteiger partial charge in [0.15, 0.2) is 0 Å². The molecule has 0 radical (unpaired) electrons. The molecule has 0 heterocycles. The number of benzene rings is 2. The van der Waals surface area contributed by atoms with Crippen LogP contribution in [0.5, 0.6) is 0 Å². The van der Waals surface area contributed by atoms with Crippen molar-refractivity contribution in [2.75, 3.05) is 34.2 Å². The van der Waals surface area contributed by atoms with E-state index in [4.69, 9.17) is 5.11 Å². The van der Waals surface area contributed by atoms with Gasteiger partial charge in [-0.15, -0.1) is 0 Å². The predicted octanol–water partition coefficient (Wildman–Crippen LogP) is 4.70. The number of aryl methyl sites for hydroxylation is 1. The summed E-state index contributed by atoms with van der Waals surface area (Å²) in [6.45, 7) is 1.17. The lowest BCUT2D eigenvalue weighted by atomic mass is 10.0. The third-order valence-corrected chi connectivity index (χ3v) is 5.51. The molecule has 2 rings (SSSR count). The van der Waals surface area contributed by atoms with Crippen molar-refractivity contribution >= 4 is 12.0 Å². The molecule has 2 aromatic rings. The number of urea groups is 1. The topological polar surface area (TPSA) is 78.4 Å². The zero-order valence-corrected chi connectivity index (χ0v) is 20.3. The molecular weight excluding hydrogens is 414 g/mol. The van der Waals surface area contributed by atoms with E-state index in [1.165, 1.54) is 29.5 Å². The Morgan fingerprint density at radius 2 is 1.45 bits per heavy atom. The number of nitrogens with one attached hydrogen (secondary N) is 2. The number of nitrogens with zero attached hydrogens (tertiary/aromatic N) is 1. The molecule has 0 bridgehead atoms. The number of unbranched alkanes of at least 4 members (excludes halogenated alkanes) is 4. The van der Waals surface area contributed by atoms with Gasteiger partial charge in [0.25, 0.3) is 0 Å². The van der Waals surface area contributed by atoms with Crippen LogP contribution in [-0.4, -0.2) is 61.9 Å². The number of rotatable bonds is 14. The molecule has 33 heavy (non-hydrogen) atoms. The lowest BCUT2D eigenvalue weighted by Crippen LogP contribution is -2.52. The maximum Gasteiger partial charge on any atom is 0.315 e. The van der Waals surface area contributed by atoms with E-state index in [1.807, 2.05) is 27.2 Å². The molecule has 6 heteroatoms. The molecule has 0 aromatic heterocycles. The van der Waals surface area contributed by atoms with Gasteiger partial charge >= 0.3 is 12.0 Å². The van der Waals surface area contributed by atoms with E-state index < -0.39 is 5.97 Å². The second-order valence-corrected chi connectivity index (χ2v) is 9.75. The molecule has 0 aliphatic heterocycles. The van der Waals surface area contributed by atoms with Gasteiger partial charge in [0.2, 0.25) is 0 Å². The van der Waals surface area contributed by atoms with Crippen LogP contribution in [0.25, 0.3) is 11.1 Å². The van der Waals surface area contributed by atoms with E-state index in [0.717, 1.165) is 25.7 Å². The van der Waals surface area contributed by atoms with Crippen LogP contribution in [0.1, 0.15) is 44.1 Å². The van der Waals surface area contributed by atoms with E-state index in [2.05, 4.69) is 59.2 Å². The standard InChI is InChI=1S/C27H39N3O3/c1-30(2,3)21-25(20-26(31)32)29-27(33)28-19-11-6-4-5-8-12-22-15-17-24(18-16-22)23-13-9-7-10-14-23/h7,9-10,13-18,25H,4-6,8,11-12,19-21H2,1-3H3,(H2-,28,29,31,32,33)/p+1/t25-/m1/s1. The van der Waals surface area contributed by atoms with Gasteiger partial charge in [0.1, 0.15) is 0 Å². The third kappa shape index (κ3) is 11.5. The predicted molar refractivity (Wildman–Crippen MR) is 134 cm³/mol. The smallest absolute Gasteiger partial charge is 0.315 e. The van der Waals surface area contributed by atoms with Crippen LogP contribution < -0.4 is 10.6 Å². The van der Waals surface area contributed by atoms with E-state index in [9.17, 15) is 9.59 Å². The van der Waals surface area contributed by atoms with Gasteiger partial charge in [-0.2, -0.15) is 0 Å². The Hall–Kier alpha value is -2.86. The second kappa shape index (κ2) is 13.6. The largest absolute Gasteiger partial charge is 0.481 e. The average molecular weight is 455 g/mol. The van der Waals surface area contributed by atoms with Crippen molar-refractivity contribution < 1.29 is 19.2 Å². The highest BCUT2D eigenvalue weighted by Crippen LogP contribution is 2.20. The highest BCUT2D eigenvalue weighted by Gasteiger charge is 2.22. The van der Waals surface area contributed by atoms with Gasteiger partial charge in [-0.25, -0.2) is 4.79 Å². The second-order valence-electron chi connectivity index (χ2n) is 9.75. The van der Waals surface area contributed by atoms with Crippen LogP contribution in [-0.2, 0) is 11.2 Å². The Balaban J connectivity index is 1.55. The first kappa shape index (κ1) is 26.4. The van der Waals surface area contributed by atoms with Gasteiger partial charge < -0.3 is 20.2 Å². The molecule has 0 aliphatic carbocycles. The summed E-state index contributed by atoms with van der Waals surface area (Å²) in [5.41, 5.74) is 3.87. The van der Waals surface area contributed by atoms with Crippen LogP contribution in [0.15, 0.2) is 54.6 Å². The van der Waals surface area contributed by atoms with E-state index in [0.29, 0.717) is 17.6 Å². The first-order valence-electron chi connectivity index (χ1n) is 11.9. The summed E-state index contributed by atoms with van der Waals surface area (Å²) in [7, 11) is 5.94. The van der Waals surface area contributed by atoms with Crippen molar-refractivity contribution in [1.82, 2.24) is 10.6 Å². The Bertz CT molecular complexity index is 845. The number of carboxylic acids is 1.